The quantitative estimate of drug-likeness (QED) is 0.900. The predicted molar refractivity (Wildman–Crippen MR) is 88.5 cm³/mol. The van der Waals surface area contributed by atoms with E-state index in [0.29, 0.717) is 12.0 Å². The lowest BCUT2D eigenvalue weighted by atomic mass is 10.0. The highest BCUT2D eigenvalue weighted by Gasteiger charge is 2.18. The van der Waals surface area contributed by atoms with E-state index in [1.54, 1.807) is 11.8 Å². The number of rotatable bonds is 2. The van der Waals surface area contributed by atoms with Crippen LogP contribution in [0.25, 0.3) is 10.9 Å². The van der Waals surface area contributed by atoms with Crippen LogP contribution in [0.1, 0.15) is 20.3 Å². The zero-order chi connectivity index (χ0) is 13.9. The third-order valence-electron chi connectivity index (χ3n) is 3.59. The lowest BCUT2D eigenvalue weighted by Gasteiger charge is -2.23. The smallest absolute Gasteiger partial charge is 0.161 e. The van der Waals surface area contributed by atoms with Crippen molar-refractivity contribution in [1.82, 2.24) is 4.98 Å². The minimum absolute atomic E-state index is 0.437. The highest BCUT2D eigenvalue weighted by atomic mass is 32.2. The average molecular weight is 285 g/mol. The molecule has 1 aliphatic heterocycles. The van der Waals surface area contributed by atoms with E-state index in [0.717, 1.165) is 27.5 Å². The lowest BCUT2D eigenvalue weighted by Crippen LogP contribution is -2.23. The van der Waals surface area contributed by atoms with Crippen molar-refractivity contribution < 1.29 is 0 Å². The van der Waals surface area contributed by atoms with E-state index in [4.69, 9.17) is 4.99 Å². The summed E-state index contributed by atoms with van der Waals surface area (Å²) in [5.41, 5.74) is 2.10. The van der Waals surface area contributed by atoms with E-state index in [9.17, 15) is 0 Å². The van der Waals surface area contributed by atoms with E-state index >= 15 is 0 Å². The maximum Gasteiger partial charge on any atom is 0.161 e. The van der Waals surface area contributed by atoms with Crippen molar-refractivity contribution >= 4 is 33.5 Å². The number of pyridine rings is 1. The molecule has 4 heteroatoms. The highest BCUT2D eigenvalue weighted by molar-refractivity contribution is 8.14. The lowest BCUT2D eigenvalue weighted by molar-refractivity contribution is 0.485. The summed E-state index contributed by atoms with van der Waals surface area (Å²) in [6.07, 6.45) is 3.00. The molecule has 104 valence electrons. The zero-order valence-corrected chi connectivity index (χ0v) is 12.7. The molecule has 0 amide bonds. The summed E-state index contributed by atoms with van der Waals surface area (Å²) in [6.45, 7) is 4.48. The summed E-state index contributed by atoms with van der Waals surface area (Å²) in [7, 11) is 0. The van der Waals surface area contributed by atoms with E-state index in [1.165, 1.54) is 6.42 Å². The van der Waals surface area contributed by atoms with Crippen LogP contribution < -0.4 is 5.32 Å². The van der Waals surface area contributed by atoms with E-state index < -0.39 is 0 Å². The van der Waals surface area contributed by atoms with Crippen LogP contribution >= 0.6 is 11.8 Å². The molecule has 1 atom stereocenters. The third-order valence-corrected chi connectivity index (χ3v) is 4.51. The first kappa shape index (κ1) is 13.4. The molecule has 0 bridgehead atoms. The van der Waals surface area contributed by atoms with E-state index in [1.807, 2.05) is 24.4 Å². The minimum atomic E-state index is 0.437. The van der Waals surface area contributed by atoms with Gasteiger partial charge in [0.05, 0.1) is 11.6 Å². The second kappa shape index (κ2) is 5.83. The van der Waals surface area contributed by atoms with Crippen LogP contribution in [-0.2, 0) is 0 Å². The summed E-state index contributed by atoms with van der Waals surface area (Å²) in [5, 5.41) is 5.66. The molecule has 1 aromatic heterocycles. The Balaban J connectivity index is 1.90. The average Bonchev–Trinajstić information content (AvgIpc) is 2.48. The number of aliphatic imine (C=N–C) groups is 1. The molecule has 1 N–H and O–H groups in total. The molecule has 0 saturated carbocycles. The fourth-order valence-electron chi connectivity index (χ4n) is 2.41. The van der Waals surface area contributed by atoms with Gasteiger partial charge < -0.3 is 5.32 Å². The molecule has 2 aromatic rings. The van der Waals surface area contributed by atoms with Gasteiger partial charge in [-0.15, -0.1) is 0 Å². The van der Waals surface area contributed by atoms with Gasteiger partial charge in [0.1, 0.15) is 0 Å². The van der Waals surface area contributed by atoms with E-state index in [2.05, 4.69) is 36.3 Å². The first-order chi connectivity index (χ1) is 9.74. The van der Waals surface area contributed by atoms with Crippen molar-refractivity contribution in [3.8, 4) is 0 Å². The van der Waals surface area contributed by atoms with Crippen LogP contribution in [0.3, 0.4) is 0 Å². The molecule has 20 heavy (non-hydrogen) atoms. The predicted octanol–water partition coefficient (Wildman–Crippen LogP) is 4.16. The van der Waals surface area contributed by atoms with Crippen molar-refractivity contribution in [2.45, 2.75) is 26.3 Å². The van der Waals surface area contributed by atoms with Crippen LogP contribution in [0.2, 0.25) is 0 Å². The van der Waals surface area contributed by atoms with Crippen LogP contribution in [0.4, 0.5) is 5.69 Å². The summed E-state index contributed by atoms with van der Waals surface area (Å²) in [4.78, 5) is 9.22. The first-order valence-electron chi connectivity index (χ1n) is 7.05. The monoisotopic (exact) mass is 285 g/mol. The van der Waals surface area contributed by atoms with Crippen molar-refractivity contribution in [3.63, 3.8) is 0 Å². The van der Waals surface area contributed by atoms with Gasteiger partial charge in [0, 0.05) is 23.0 Å². The SMILES string of the molecule is CC(C)C1CCSC(Nc2cccc3ncccc23)=N1. The van der Waals surface area contributed by atoms with Crippen LogP contribution in [-0.4, -0.2) is 21.9 Å². The molecule has 2 heterocycles. The standard InChI is InChI=1S/C16H19N3S/c1-11(2)13-8-10-20-16(18-13)19-15-7-3-6-14-12(15)5-4-9-17-14/h3-7,9,11,13H,8,10H2,1-2H3,(H,18,19). The number of fused-ring (bicyclic) bond motifs is 1. The number of thioether (sulfide) groups is 1. The van der Waals surface area contributed by atoms with Gasteiger partial charge in [-0.3, -0.25) is 9.98 Å². The number of nitrogens with zero attached hydrogens (tertiary/aromatic N) is 2. The second-order valence-corrected chi connectivity index (χ2v) is 6.47. The maximum absolute atomic E-state index is 4.83. The van der Waals surface area contributed by atoms with Gasteiger partial charge in [0.15, 0.2) is 5.17 Å². The van der Waals surface area contributed by atoms with Crippen molar-refractivity contribution in [2.75, 3.05) is 11.1 Å². The number of aromatic nitrogens is 1. The molecule has 3 nitrogen and oxygen atoms in total. The van der Waals surface area contributed by atoms with Crippen molar-refractivity contribution in [2.24, 2.45) is 10.9 Å². The Morgan fingerprint density at radius 3 is 3.00 bits per heavy atom. The fourth-order valence-corrected chi connectivity index (χ4v) is 3.35. The Hall–Kier alpha value is -1.55. The van der Waals surface area contributed by atoms with Gasteiger partial charge in [-0.05, 0) is 36.6 Å². The molecule has 3 rings (SSSR count). The molecular weight excluding hydrogens is 266 g/mol. The fraction of sp³-hybridized carbons (Fsp3) is 0.375. The van der Waals surface area contributed by atoms with Crippen molar-refractivity contribution in [1.29, 1.82) is 0 Å². The molecule has 1 aromatic carbocycles. The van der Waals surface area contributed by atoms with Gasteiger partial charge in [-0.25, -0.2) is 0 Å². The number of nitrogens with one attached hydrogen (secondary N) is 1. The highest BCUT2D eigenvalue weighted by Crippen LogP contribution is 2.26. The summed E-state index contributed by atoms with van der Waals surface area (Å²) < 4.78 is 0. The number of hydrogen-bond donors (Lipinski definition) is 1. The number of anilines is 1. The number of hydrogen-bond acceptors (Lipinski definition) is 4. The second-order valence-electron chi connectivity index (χ2n) is 5.38. The third kappa shape index (κ3) is 2.80. The normalized spacial score (nSPS) is 19.1. The van der Waals surface area contributed by atoms with Crippen LogP contribution in [0.15, 0.2) is 41.5 Å². The summed E-state index contributed by atoms with van der Waals surface area (Å²) in [6, 6.07) is 10.7. The molecule has 0 radical (unpaired) electrons. The van der Waals surface area contributed by atoms with Gasteiger partial charge >= 0.3 is 0 Å². The Morgan fingerprint density at radius 1 is 1.25 bits per heavy atom. The molecule has 1 unspecified atom stereocenters. The van der Waals surface area contributed by atoms with Crippen LogP contribution in [0, 0.1) is 5.92 Å². The first-order valence-corrected chi connectivity index (χ1v) is 8.04. The largest absolute Gasteiger partial charge is 0.334 e. The topological polar surface area (TPSA) is 37.3 Å². The van der Waals surface area contributed by atoms with Crippen LogP contribution in [0.5, 0.6) is 0 Å². The zero-order valence-electron chi connectivity index (χ0n) is 11.8. The molecule has 0 spiro atoms. The number of amidine groups is 1. The Kier molecular flexibility index (Phi) is 3.92. The molecule has 0 fully saturated rings. The summed E-state index contributed by atoms with van der Waals surface area (Å²) in [5.74, 6) is 1.74. The molecule has 0 aliphatic carbocycles. The summed E-state index contributed by atoms with van der Waals surface area (Å²) >= 11 is 1.81. The molecular formula is C16H19N3S. The Labute approximate surface area is 123 Å². The van der Waals surface area contributed by atoms with Gasteiger partial charge in [0.2, 0.25) is 0 Å². The molecule has 1 aliphatic rings. The molecule has 0 saturated heterocycles. The van der Waals surface area contributed by atoms with Gasteiger partial charge in [0.25, 0.3) is 0 Å². The Morgan fingerprint density at radius 2 is 2.15 bits per heavy atom. The minimum Gasteiger partial charge on any atom is -0.334 e. The van der Waals surface area contributed by atoms with E-state index in [-0.39, 0.29) is 0 Å². The number of benzene rings is 1. The Bertz CT molecular complexity index is 631. The van der Waals surface area contributed by atoms with Crippen molar-refractivity contribution in [3.05, 3.63) is 36.5 Å². The maximum atomic E-state index is 4.83. The van der Waals surface area contributed by atoms with Gasteiger partial charge in [-0.1, -0.05) is 31.7 Å². The van der Waals surface area contributed by atoms with Gasteiger partial charge in [-0.2, -0.15) is 0 Å².